The first-order valence-electron chi connectivity index (χ1n) is 7.17. The molecule has 8 heteroatoms. The summed E-state index contributed by atoms with van der Waals surface area (Å²) < 4.78 is 37.9. The van der Waals surface area contributed by atoms with Gasteiger partial charge in [0, 0.05) is 0 Å². The summed E-state index contributed by atoms with van der Waals surface area (Å²) in [5.74, 6) is 0.696. The molecule has 0 saturated carbocycles. The van der Waals surface area contributed by atoms with Gasteiger partial charge >= 0.3 is 0 Å². The zero-order chi connectivity index (χ0) is 18.6. The highest BCUT2D eigenvalue weighted by Crippen LogP contribution is 2.39. The second kappa shape index (κ2) is 7.99. The van der Waals surface area contributed by atoms with Gasteiger partial charge in [-0.05, 0) is 24.3 Å². The van der Waals surface area contributed by atoms with Gasteiger partial charge in [-0.3, -0.25) is 4.31 Å². The molecule has 0 bridgehead atoms. The first-order chi connectivity index (χ1) is 11.9. The number of rotatable bonds is 7. The van der Waals surface area contributed by atoms with Crippen molar-refractivity contribution in [3.8, 4) is 11.5 Å². The molecule has 0 aliphatic carbocycles. The summed E-state index contributed by atoms with van der Waals surface area (Å²) in [5, 5.41) is -0.0752. The van der Waals surface area contributed by atoms with Crippen LogP contribution in [0.1, 0.15) is 0 Å². The van der Waals surface area contributed by atoms with Crippen LogP contribution >= 0.6 is 23.2 Å². The number of sulfonamides is 1. The lowest BCUT2D eigenvalue weighted by atomic mass is 10.3. The summed E-state index contributed by atoms with van der Waals surface area (Å²) in [6.45, 7) is 3.66. The molecule has 2 aromatic carbocycles. The molecule has 0 spiro atoms. The Morgan fingerprint density at radius 3 is 2.28 bits per heavy atom. The maximum absolute atomic E-state index is 13.2. The fourth-order valence-corrected chi connectivity index (χ4v) is 4.53. The summed E-state index contributed by atoms with van der Waals surface area (Å²) in [6, 6.07) is 9.58. The summed E-state index contributed by atoms with van der Waals surface area (Å²) >= 11 is 12.3. The molecule has 134 valence electrons. The number of anilines is 1. The normalized spacial score (nSPS) is 11.0. The fourth-order valence-electron chi connectivity index (χ4n) is 2.27. The van der Waals surface area contributed by atoms with Crippen molar-refractivity contribution in [1.82, 2.24) is 0 Å². The summed E-state index contributed by atoms with van der Waals surface area (Å²) in [4.78, 5) is -0.132. The predicted octanol–water partition coefficient (Wildman–Crippen LogP) is 4.39. The smallest absolute Gasteiger partial charge is 0.266 e. The average molecular weight is 402 g/mol. The number of methoxy groups -OCH3 is 2. The number of nitrogens with zero attached hydrogens (tertiary/aromatic N) is 1. The van der Waals surface area contributed by atoms with Crippen LogP contribution in [-0.4, -0.2) is 29.2 Å². The molecule has 0 N–H and O–H groups in total. The van der Waals surface area contributed by atoms with Gasteiger partial charge < -0.3 is 9.47 Å². The summed E-state index contributed by atoms with van der Waals surface area (Å²) in [7, 11) is -1.13. The van der Waals surface area contributed by atoms with Crippen molar-refractivity contribution in [1.29, 1.82) is 0 Å². The second-order valence-electron chi connectivity index (χ2n) is 4.89. The second-order valence-corrected chi connectivity index (χ2v) is 7.48. The maximum atomic E-state index is 13.2. The molecule has 0 heterocycles. The maximum Gasteiger partial charge on any atom is 0.266 e. The van der Waals surface area contributed by atoms with E-state index in [1.54, 1.807) is 24.3 Å². The number of benzene rings is 2. The van der Waals surface area contributed by atoms with Crippen molar-refractivity contribution < 1.29 is 17.9 Å². The molecular weight excluding hydrogens is 385 g/mol. The Hall–Kier alpha value is -1.89. The van der Waals surface area contributed by atoms with Crippen molar-refractivity contribution in [2.24, 2.45) is 0 Å². The van der Waals surface area contributed by atoms with Gasteiger partial charge in [0.25, 0.3) is 10.0 Å². The van der Waals surface area contributed by atoms with Crippen molar-refractivity contribution in [2.45, 2.75) is 4.90 Å². The minimum absolute atomic E-state index is 0.0304. The summed E-state index contributed by atoms with van der Waals surface area (Å²) in [6.07, 6.45) is 1.48. The van der Waals surface area contributed by atoms with Crippen LogP contribution in [-0.2, 0) is 10.0 Å². The molecule has 0 atom stereocenters. The number of para-hydroxylation sites is 2. The number of hydrogen-bond donors (Lipinski definition) is 0. The number of halogens is 2. The lowest BCUT2D eigenvalue weighted by molar-refractivity contribution is 0.414. The van der Waals surface area contributed by atoms with Crippen LogP contribution in [0.4, 0.5) is 5.69 Å². The van der Waals surface area contributed by atoms with Crippen LogP contribution in [0, 0.1) is 0 Å². The quantitative estimate of drug-likeness (QED) is 0.645. The molecule has 0 amide bonds. The molecule has 0 unspecified atom stereocenters. The minimum atomic E-state index is -4.02. The van der Waals surface area contributed by atoms with Crippen LogP contribution in [0.25, 0.3) is 0 Å². The standard InChI is InChI=1S/C17H17Cl2NO4S/c1-4-11-20(12-7-5-6-8-13(12)23-2)25(21,22)15-10-9-14(24-3)16(18)17(15)19/h4-10H,1,11H2,2-3H3. The minimum Gasteiger partial charge on any atom is -0.495 e. The molecule has 2 aromatic rings. The molecule has 0 radical (unpaired) electrons. The number of ether oxygens (including phenoxy) is 2. The molecule has 0 aromatic heterocycles. The van der Waals surface area contributed by atoms with E-state index in [2.05, 4.69) is 6.58 Å². The van der Waals surface area contributed by atoms with E-state index in [4.69, 9.17) is 32.7 Å². The SMILES string of the molecule is C=CCN(c1ccccc1OC)S(=O)(=O)c1ccc(OC)c(Cl)c1Cl. The van der Waals surface area contributed by atoms with Crippen LogP contribution in [0.15, 0.2) is 53.9 Å². The topological polar surface area (TPSA) is 55.8 Å². The molecule has 0 aliphatic rings. The predicted molar refractivity (Wildman–Crippen MR) is 101 cm³/mol. The average Bonchev–Trinajstić information content (AvgIpc) is 2.61. The largest absolute Gasteiger partial charge is 0.495 e. The third-order valence-electron chi connectivity index (χ3n) is 3.45. The van der Waals surface area contributed by atoms with E-state index in [0.29, 0.717) is 11.4 Å². The van der Waals surface area contributed by atoms with Crippen molar-refractivity contribution in [3.63, 3.8) is 0 Å². The molecule has 0 saturated heterocycles. The van der Waals surface area contributed by atoms with E-state index in [-0.39, 0.29) is 27.2 Å². The number of hydrogen-bond acceptors (Lipinski definition) is 4. The van der Waals surface area contributed by atoms with Crippen molar-refractivity contribution in [2.75, 3.05) is 25.1 Å². The fraction of sp³-hybridized carbons (Fsp3) is 0.176. The third-order valence-corrected chi connectivity index (χ3v) is 6.25. The van der Waals surface area contributed by atoms with Crippen molar-refractivity contribution >= 4 is 38.9 Å². The van der Waals surface area contributed by atoms with Crippen LogP contribution < -0.4 is 13.8 Å². The Kier molecular flexibility index (Phi) is 6.21. The summed E-state index contributed by atoms with van der Waals surface area (Å²) in [5.41, 5.74) is 0.368. The van der Waals surface area contributed by atoms with E-state index in [9.17, 15) is 8.42 Å². The molecule has 0 aliphatic heterocycles. The van der Waals surface area contributed by atoms with Gasteiger partial charge in [-0.2, -0.15) is 0 Å². The molecular formula is C17H17Cl2NO4S. The lowest BCUT2D eigenvalue weighted by Crippen LogP contribution is -2.31. The Morgan fingerprint density at radius 2 is 1.68 bits per heavy atom. The van der Waals surface area contributed by atoms with E-state index in [1.807, 2.05) is 0 Å². The highest BCUT2D eigenvalue weighted by atomic mass is 35.5. The van der Waals surface area contributed by atoms with Crippen LogP contribution in [0.3, 0.4) is 0 Å². The molecule has 5 nitrogen and oxygen atoms in total. The van der Waals surface area contributed by atoms with Gasteiger partial charge in [0.05, 0.1) is 31.5 Å². The first kappa shape index (κ1) is 19.4. The van der Waals surface area contributed by atoms with E-state index in [0.717, 1.165) is 4.31 Å². The van der Waals surface area contributed by atoms with Crippen LogP contribution in [0.2, 0.25) is 10.0 Å². The monoisotopic (exact) mass is 401 g/mol. The zero-order valence-corrected chi connectivity index (χ0v) is 16.0. The third kappa shape index (κ3) is 3.71. The van der Waals surface area contributed by atoms with Gasteiger partial charge in [0.2, 0.25) is 0 Å². The Labute approximate surface area is 157 Å². The van der Waals surface area contributed by atoms with Crippen LogP contribution in [0.5, 0.6) is 11.5 Å². The Balaban J connectivity index is 2.66. The Bertz CT molecular complexity index is 884. The highest BCUT2D eigenvalue weighted by Gasteiger charge is 2.30. The van der Waals surface area contributed by atoms with Gasteiger partial charge in [-0.25, -0.2) is 8.42 Å². The molecule has 0 fully saturated rings. The van der Waals surface area contributed by atoms with Gasteiger partial charge in [0.15, 0.2) is 0 Å². The van der Waals surface area contributed by atoms with E-state index >= 15 is 0 Å². The van der Waals surface area contributed by atoms with E-state index in [1.165, 1.54) is 32.4 Å². The highest BCUT2D eigenvalue weighted by molar-refractivity contribution is 7.93. The van der Waals surface area contributed by atoms with Gasteiger partial charge in [-0.15, -0.1) is 6.58 Å². The first-order valence-corrected chi connectivity index (χ1v) is 9.36. The van der Waals surface area contributed by atoms with Gasteiger partial charge in [-0.1, -0.05) is 41.4 Å². The van der Waals surface area contributed by atoms with Gasteiger partial charge in [0.1, 0.15) is 21.4 Å². The Morgan fingerprint density at radius 1 is 1.04 bits per heavy atom. The molecule has 25 heavy (non-hydrogen) atoms. The lowest BCUT2D eigenvalue weighted by Gasteiger charge is -2.25. The van der Waals surface area contributed by atoms with E-state index < -0.39 is 10.0 Å². The van der Waals surface area contributed by atoms with Crippen molar-refractivity contribution in [3.05, 3.63) is 59.1 Å². The zero-order valence-electron chi connectivity index (χ0n) is 13.7. The molecule has 2 rings (SSSR count).